The van der Waals surface area contributed by atoms with Crippen LogP contribution in [0.5, 0.6) is 5.75 Å². The summed E-state index contributed by atoms with van der Waals surface area (Å²) in [4.78, 5) is 14.7. The van der Waals surface area contributed by atoms with Crippen molar-refractivity contribution < 1.29 is 9.53 Å². The number of nitrogens with two attached hydrogens (primary N) is 1. The molecule has 1 heterocycles. The Morgan fingerprint density at radius 3 is 2.81 bits per heavy atom. The maximum Gasteiger partial charge on any atom is 0.255 e. The van der Waals surface area contributed by atoms with Gasteiger partial charge in [0.2, 0.25) is 0 Å². The molecule has 0 radical (unpaired) electrons. The Labute approximate surface area is 140 Å². The highest BCUT2D eigenvalue weighted by Gasteiger charge is 2.30. The van der Waals surface area contributed by atoms with Crippen molar-refractivity contribution in [3.8, 4) is 5.75 Å². The predicted octanol–water partition coefficient (Wildman–Crippen LogP) is 3.22. The molecule has 6 heteroatoms. The molecule has 1 fully saturated rings. The van der Waals surface area contributed by atoms with E-state index in [1.165, 1.54) is 0 Å². The van der Waals surface area contributed by atoms with Crippen molar-refractivity contribution in [3.05, 3.63) is 28.2 Å². The second kappa shape index (κ2) is 8.01. The lowest BCUT2D eigenvalue weighted by atomic mass is 9.96. The molecule has 0 aliphatic carbocycles. The fourth-order valence-electron chi connectivity index (χ4n) is 2.71. The van der Waals surface area contributed by atoms with Crippen molar-refractivity contribution in [1.82, 2.24) is 4.90 Å². The average Bonchev–Trinajstić information content (AvgIpc) is 2.47. The molecule has 1 aliphatic rings. The highest BCUT2D eigenvalue weighted by atomic mass is 79.9. The van der Waals surface area contributed by atoms with Gasteiger partial charge in [0, 0.05) is 23.1 Å². The van der Waals surface area contributed by atoms with Crippen LogP contribution in [0.25, 0.3) is 0 Å². The fourth-order valence-corrected chi connectivity index (χ4v) is 3.12. The molecule has 2 N–H and O–H groups in total. The number of ether oxygens (including phenoxy) is 1. The molecule has 1 amide bonds. The van der Waals surface area contributed by atoms with E-state index in [4.69, 9.17) is 10.5 Å². The molecular weight excluding hydrogens is 356 g/mol. The largest absolute Gasteiger partial charge is 0.497 e. The van der Waals surface area contributed by atoms with Gasteiger partial charge in [-0.3, -0.25) is 4.79 Å². The first-order valence-electron chi connectivity index (χ1n) is 6.94. The lowest BCUT2D eigenvalue weighted by Crippen LogP contribution is -2.51. The highest BCUT2D eigenvalue weighted by molar-refractivity contribution is 9.10. The number of amides is 1. The summed E-state index contributed by atoms with van der Waals surface area (Å²) in [6, 6.07) is 5.56. The van der Waals surface area contributed by atoms with Gasteiger partial charge < -0.3 is 15.4 Å². The van der Waals surface area contributed by atoms with Crippen molar-refractivity contribution in [2.45, 2.75) is 38.3 Å². The van der Waals surface area contributed by atoms with E-state index >= 15 is 0 Å². The molecule has 0 aromatic heterocycles. The minimum absolute atomic E-state index is 0. The first-order valence-corrected chi connectivity index (χ1v) is 7.74. The van der Waals surface area contributed by atoms with Crippen molar-refractivity contribution >= 4 is 34.2 Å². The molecule has 21 heavy (non-hydrogen) atoms. The zero-order chi connectivity index (χ0) is 14.7. The van der Waals surface area contributed by atoms with Gasteiger partial charge in [-0.25, -0.2) is 0 Å². The third kappa shape index (κ3) is 4.11. The van der Waals surface area contributed by atoms with Gasteiger partial charge in [-0.05, 0) is 60.3 Å². The molecule has 0 bridgehead atoms. The van der Waals surface area contributed by atoms with Crippen molar-refractivity contribution in [1.29, 1.82) is 0 Å². The molecule has 0 saturated carbocycles. The van der Waals surface area contributed by atoms with Gasteiger partial charge in [0.25, 0.3) is 5.91 Å². The van der Waals surface area contributed by atoms with Gasteiger partial charge in [0.05, 0.1) is 12.7 Å². The number of rotatable bonds is 3. The quantitative estimate of drug-likeness (QED) is 0.880. The Morgan fingerprint density at radius 1 is 1.48 bits per heavy atom. The van der Waals surface area contributed by atoms with E-state index in [0.29, 0.717) is 11.3 Å². The monoisotopic (exact) mass is 376 g/mol. The Bertz CT molecular complexity index is 497. The van der Waals surface area contributed by atoms with Crippen LogP contribution in [-0.4, -0.2) is 36.5 Å². The number of halogens is 2. The summed E-state index contributed by atoms with van der Waals surface area (Å²) in [6.45, 7) is 2.74. The summed E-state index contributed by atoms with van der Waals surface area (Å²) in [5.74, 6) is 0.712. The normalized spacial score (nSPS) is 19.6. The Balaban J connectivity index is 0.00000220. The molecule has 2 unspecified atom stereocenters. The number of nitrogens with zero attached hydrogens (tertiary/aromatic N) is 1. The lowest BCUT2D eigenvalue weighted by Gasteiger charge is -2.38. The number of carbonyl (C=O) groups excluding carboxylic acids is 1. The van der Waals surface area contributed by atoms with Crippen LogP contribution < -0.4 is 10.5 Å². The number of carbonyl (C=O) groups is 1. The van der Waals surface area contributed by atoms with E-state index in [9.17, 15) is 4.79 Å². The van der Waals surface area contributed by atoms with E-state index < -0.39 is 0 Å². The standard InChI is InChI=1S/C15H21BrN2O2.ClH/c1-10(17)14-5-3-4-8-18(14)15(19)12-9-11(20-2)6-7-13(12)16;/h6-7,9-10,14H,3-5,8,17H2,1-2H3;1H. The number of methoxy groups -OCH3 is 1. The van der Waals surface area contributed by atoms with Crippen molar-refractivity contribution in [3.63, 3.8) is 0 Å². The summed E-state index contributed by atoms with van der Waals surface area (Å²) < 4.78 is 5.99. The summed E-state index contributed by atoms with van der Waals surface area (Å²) in [7, 11) is 1.60. The molecule has 4 nitrogen and oxygen atoms in total. The fraction of sp³-hybridized carbons (Fsp3) is 0.533. The second-order valence-electron chi connectivity index (χ2n) is 5.27. The SMILES string of the molecule is COc1ccc(Br)c(C(=O)N2CCCCC2C(C)N)c1.Cl. The van der Waals surface area contributed by atoms with Gasteiger partial charge in [-0.1, -0.05) is 0 Å². The summed E-state index contributed by atoms with van der Waals surface area (Å²) in [5, 5.41) is 0. The molecule has 1 aromatic carbocycles. The molecule has 1 aromatic rings. The Kier molecular flexibility index (Phi) is 6.97. The minimum Gasteiger partial charge on any atom is -0.497 e. The number of hydrogen-bond acceptors (Lipinski definition) is 3. The third-order valence-corrected chi connectivity index (χ3v) is 4.51. The van der Waals surface area contributed by atoms with E-state index in [0.717, 1.165) is 30.3 Å². The van der Waals surface area contributed by atoms with Crippen molar-refractivity contribution in [2.75, 3.05) is 13.7 Å². The van der Waals surface area contributed by atoms with Crippen LogP contribution in [0.4, 0.5) is 0 Å². The molecule has 0 spiro atoms. The van der Waals surface area contributed by atoms with Crippen LogP contribution in [-0.2, 0) is 0 Å². The van der Waals surface area contributed by atoms with Gasteiger partial charge >= 0.3 is 0 Å². The minimum atomic E-state index is -0.0105. The maximum atomic E-state index is 12.8. The van der Waals surface area contributed by atoms with E-state index in [1.807, 2.05) is 24.0 Å². The van der Waals surface area contributed by atoms with Crippen LogP contribution in [0.2, 0.25) is 0 Å². The number of hydrogen-bond donors (Lipinski definition) is 1. The highest BCUT2D eigenvalue weighted by Crippen LogP contribution is 2.27. The molecular formula is C15H22BrClN2O2. The van der Waals surface area contributed by atoms with Crippen LogP contribution in [0.15, 0.2) is 22.7 Å². The molecule has 2 atom stereocenters. The Morgan fingerprint density at radius 2 is 2.19 bits per heavy atom. The second-order valence-corrected chi connectivity index (χ2v) is 6.12. The first kappa shape index (κ1) is 18.3. The van der Waals surface area contributed by atoms with Crippen LogP contribution >= 0.6 is 28.3 Å². The van der Waals surface area contributed by atoms with E-state index in [2.05, 4.69) is 15.9 Å². The van der Waals surface area contributed by atoms with Crippen LogP contribution in [0.3, 0.4) is 0 Å². The van der Waals surface area contributed by atoms with Gasteiger partial charge in [0.1, 0.15) is 5.75 Å². The first-order chi connectivity index (χ1) is 9.54. The number of likely N-dealkylation sites (tertiary alicyclic amines) is 1. The zero-order valence-corrected chi connectivity index (χ0v) is 14.7. The van der Waals surface area contributed by atoms with Crippen LogP contribution in [0.1, 0.15) is 36.5 Å². The summed E-state index contributed by atoms with van der Waals surface area (Å²) >= 11 is 3.45. The van der Waals surface area contributed by atoms with Crippen molar-refractivity contribution in [2.24, 2.45) is 5.73 Å². The third-order valence-electron chi connectivity index (χ3n) is 3.82. The summed E-state index contributed by atoms with van der Waals surface area (Å²) in [5.41, 5.74) is 6.67. The van der Waals surface area contributed by atoms with Gasteiger partial charge in [0.15, 0.2) is 0 Å². The maximum absolute atomic E-state index is 12.8. The average molecular weight is 378 g/mol. The number of piperidine rings is 1. The van der Waals surface area contributed by atoms with E-state index in [-0.39, 0.29) is 30.4 Å². The predicted molar refractivity (Wildman–Crippen MR) is 90.3 cm³/mol. The smallest absolute Gasteiger partial charge is 0.255 e. The molecule has 118 valence electrons. The zero-order valence-electron chi connectivity index (χ0n) is 12.3. The van der Waals surface area contributed by atoms with Crippen LogP contribution in [0, 0.1) is 0 Å². The summed E-state index contributed by atoms with van der Waals surface area (Å²) in [6.07, 6.45) is 3.15. The van der Waals surface area contributed by atoms with Gasteiger partial charge in [-0.15, -0.1) is 12.4 Å². The number of benzene rings is 1. The topological polar surface area (TPSA) is 55.6 Å². The molecule has 1 saturated heterocycles. The van der Waals surface area contributed by atoms with Gasteiger partial charge in [-0.2, -0.15) is 0 Å². The van der Waals surface area contributed by atoms with E-state index in [1.54, 1.807) is 13.2 Å². The molecule has 1 aliphatic heterocycles. The lowest BCUT2D eigenvalue weighted by molar-refractivity contribution is 0.0582. The molecule has 2 rings (SSSR count). The Hall–Kier alpha value is -0.780.